The first-order chi connectivity index (χ1) is 20.6. The minimum Gasteiger partial charge on any atom is -0.479 e. The predicted octanol–water partition coefficient (Wildman–Crippen LogP) is 6.50. The molecule has 6 rings (SSSR count). The highest BCUT2D eigenvalue weighted by atomic mass is 35.5. The van der Waals surface area contributed by atoms with Gasteiger partial charge in [-0.15, -0.1) is 0 Å². The van der Waals surface area contributed by atoms with Crippen molar-refractivity contribution >= 4 is 41.0 Å². The molecule has 0 radical (unpaired) electrons. The third-order valence-electron chi connectivity index (χ3n) is 7.44. The van der Waals surface area contributed by atoms with Gasteiger partial charge in [-0.3, -0.25) is 14.6 Å². The molecule has 1 aliphatic carbocycles. The monoisotopic (exact) mass is 606 g/mol. The number of aldehydes is 2. The Hall–Kier alpha value is -4.84. The average Bonchev–Trinajstić information content (AvgIpc) is 3.56. The van der Waals surface area contributed by atoms with Crippen LogP contribution in [0.3, 0.4) is 0 Å². The summed E-state index contributed by atoms with van der Waals surface area (Å²) < 4.78 is 48.4. The van der Waals surface area contributed by atoms with Crippen LogP contribution in [0.15, 0.2) is 48.8 Å². The summed E-state index contributed by atoms with van der Waals surface area (Å²) in [6.07, 6.45) is 0.431. The maximum atomic E-state index is 13.9. The van der Waals surface area contributed by atoms with Crippen LogP contribution < -0.4 is 10.1 Å². The Balaban J connectivity index is 1.39. The van der Waals surface area contributed by atoms with Crippen LogP contribution in [0.1, 0.15) is 50.1 Å². The quantitative estimate of drug-likeness (QED) is 0.209. The maximum Gasteiger partial charge on any atom is 0.437 e. The van der Waals surface area contributed by atoms with Gasteiger partial charge in [0.05, 0.1) is 29.6 Å². The fraction of sp³-hybridized carbons (Fsp3) is 0.200. The molecule has 4 aromatic heterocycles. The molecule has 0 saturated heterocycles. The maximum absolute atomic E-state index is 13.9. The number of aromatic nitrogens is 5. The molecule has 1 aliphatic rings. The summed E-state index contributed by atoms with van der Waals surface area (Å²) in [4.78, 5) is 39.4. The first-order valence-electron chi connectivity index (χ1n) is 13.1. The Labute approximate surface area is 247 Å². The highest BCUT2D eigenvalue weighted by Crippen LogP contribution is 2.44. The van der Waals surface area contributed by atoms with Gasteiger partial charge < -0.3 is 14.6 Å². The topological polar surface area (TPSA) is 112 Å². The fourth-order valence-electron chi connectivity index (χ4n) is 5.50. The number of alkyl halides is 3. The van der Waals surface area contributed by atoms with Crippen molar-refractivity contribution in [1.82, 2.24) is 24.5 Å². The van der Waals surface area contributed by atoms with Gasteiger partial charge in [-0.05, 0) is 42.2 Å². The molecule has 13 heteroatoms. The third kappa shape index (κ3) is 4.87. The van der Waals surface area contributed by atoms with E-state index in [1.165, 1.54) is 7.11 Å². The van der Waals surface area contributed by atoms with Gasteiger partial charge in [0.1, 0.15) is 5.65 Å². The van der Waals surface area contributed by atoms with Gasteiger partial charge in [0.25, 0.3) is 0 Å². The number of fused-ring (bicyclic) bond motifs is 2. The van der Waals surface area contributed by atoms with Gasteiger partial charge in [0, 0.05) is 41.5 Å². The molecule has 1 atom stereocenters. The summed E-state index contributed by atoms with van der Waals surface area (Å²) >= 11 is 6.94. The van der Waals surface area contributed by atoms with Crippen molar-refractivity contribution in [2.24, 2.45) is 7.05 Å². The lowest BCUT2D eigenvalue weighted by molar-refractivity contribution is -0.140. The van der Waals surface area contributed by atoms with E-state index in [0.717, 1.165) is 28.4 Å². The molecule has 43 heavy (non-hydrogen) atoms. The predicted molar refractivity (Wildman–Crippen MR) is 153 cm³/mol. The molecule has 4 heterocycles. The smallest absolute Gasteiger partial charge is 0.437 e. The number of methoxy groups -OCH3 is 1. The summed E-state index contributed by atoms with van der Waals surface area (Å²) in [6.45, 7) is 0. The van der Waals surface area contributed by atoms with Crippen LogP contribution in [-0.4, -0.2) is 44.2 Å². The van der Waals surface area contributed by atoms with E-state index in [1.54, 1.807) is 42.2 Å². The number of hydrogen-bond donors (Lipinski definition) is 1. The Bertz CT molecular complexity index is 1920. The Morgan fingerprint density at radius 3 is 2.60 bits per heavy atom. The van der Waals surface area contributed by atoms with Crippen molar-refractivity contribution < 1.29 is 27.5 Å². The number of benzene rings is 1. The third-order valence-corrected chi connectivity index (χ3v) is 7.83. The zero-order valence-corrected chi connectivity index (χ0v) is 23.5. The minimum atomic E-state index is -4.86. The molecule has 1 N–H and O–H groups in total. The normalized spacial score (nSPS) is 14.5. The molecule has 1 aromatic carbocycles. The molecule has 9 nitrogen and oxygen atoms in total. The van der Waals surface area contributed by atoms with E-state index in [-0.39, 0.29) is 12.2 Å². The van der Waals surface area contributed by atoms with Crippen LogP contribution in [0.2, 0.25) is 5.02 Å². The van der Waals surface area contributed by atoms with Crippen LogP contribution in [0.4, 0.5) is 19.0 Å². The van der Waals surface area contributed by atoms with E-state index in [1.807, 2.05) is 18.2 Å². The van der Waals surface area contributed by atoms with E-state index in [0.29, 0.717) is 46.0 Å². The van der Waals surface area contributed by atoms with Gasteiger partial charge in [0.2, 0.25) is 5.88 Å². The molecule has 0 aliphatic heterocycles. The van der Waals surface area contributed by atoms with Crippen molar-refractivity contribution in [2.75, 3.05) is 12.4 Å². The lowest BCUT2D eigenvalue weighted by Gasteiger charge is -2.19. The zero-order valence-electron chi connectivity index (χ0n) is 22.7. The highest BCUT2D eigenvalue weighted by Gasteiger charge is 2.39. The van der Waals surface area contributed by atoms with Gasteiger partial charge in [-0.2, -0.15) is 18.2 Å². The lowest BCUT2D eigenvalue weighted by atomic mass is 9.98. The van der Waals surface area contributed by atoms with Crippen LogP contribution >= 0.6 is 11.6 Å². The number of nitrogens with zero attached hydrogens (tertiary/aromatic N) is 5. The van der Waals surface area contributed by atoms with Crippen molar-refractivity contribution in [1.29, 1.82) is 0 Å². The van der Waals surface area contributed by atoms with E-state index in [4.69, 9.17) is 21.3 Å². The van der Waals surface area contributed by atoms with E-state index >= 15 is 0 Å². The average molecular weight is 607 g/mol. The first-order valence-corrected chi connectivity index (χ1v) is 13.5. The summed E-state index contributed by atoms with van der Waals surface area (Å²) in [5, 5.41) is 3.97. The van der Waals surface area contributed by atoms with E-state index < -0.39 is 29.4 Å². The summed E-state index contributed by atoms with van der Waals surface area (Å²) in [6, 6.07) is 10.3. The number of nitrogens with one attached hydrogen (secondary N) is 1. The standard InChI is InChI=1S/C30H22ClF3N6O3/c1-40-12-15(13-41)16-6-8-22(38-28(16)40)20-10-11-35-25(24(20)31)19-5-3-4-18-17(19)7-9-21(18)37-27-26(30(32,33)34)36-23(14-42)29(39-27)43-2/h3-6,8,10-14,21H,7,9H2,1-2H3,(H,37,39). The van der Waals surface area contributed by atoms with Crippen LogP contribution in [0, 0.1) is 0 Å². The van der Waals surface area contributed by atoms with Gasteiger partial charge in [-0.25, -0.2) is 9.97 Å². The number of rotatable bonds is 7. The number of anilines is 1. The van der Waals surface area contributed by atoms with Crippen molar-refractivity contribution in [3.8, 4) is 28.4 Å². The first kappa shape index (κ1) is 28.3. The molecule has 0 amide bonds. The van der Waals surface area contributed by atoms with E-state index in [2.05, 4.69) is 20.3 Å². The molecule has 0 saturated carbocycles. The fourth-order valence-corrected chi connectivity index (χ4v) is 5.81. The second-order valence-electron chi connectivity index (χ2n) is 9.94. The molecule has 5 aromatic rings. The lowest BCUT2D eigenvalue weighted by Crippen LogP contribution is -2.19. The number of hydrogen-bond acceptors (Lipinski definition) is 8. The number of ether oxygens (including phenoxy) is 1. The van der Waals surface area contributed by atoms with Gasteiger partial charge in [-0.1, -0.05) is 29.8 Å². The molecular weight excluding hydrogens is 585 g/mol. The number of pyridine rings is 2. The second-order valence-corrected chi connectivity index (χ2v) is 10.3. The van der Waals surface area contributed by atoms with Crippen molar-refractivity contribution in [3.05, 3.63) is 81.9 Å². The molecular formula is C30H22ClF3N6O3. The molecule has 1 unspecified atom stereocenters. The van der Waals surface area contributed by atoms with Crippen molar-refractivity contribution in [3.63, 3.8) is 0 Å². The SMILES string of the molecule is COc1nc(NC2CCc3c(-c4nccc(-c5ccc6c(C=O)cn(C)c6n5)c4Cl)cccc32)c(C(F)(F)F)nc1C=O. The number of halogens is 4. The highest BCUT2D eigenvalue weighted by molar-refractivity contribution is 6.35. The molecule has 218 valence electrons. The largest absolute Gasteiger partial charge is 0.479 e. The molecule has 0 bridgehead atoms. The summed E-state index contributed by atoms with van der Waals surface area (Å²) in [5.74, 6) is -0.842. The van der Waals surface area contributed by atoms with Crippen LogP contribution in [0.25, 0.3) is 33.5 Å². The number of aryl methyl sites for hydroxylation is 1. The zero-order chi connectivity index (χ0) is 30.5. The van der Waals surface area contributed by atoms with Gasteiger partial charge >= 0.3 is 6.18 Å². The van der Waals surface area contributed by atoms with Crippen LogP contribution in [-0.2, 0) is 19.6 Å². The van der Waals surface area contributed by atoms with Crippen LogP contribution in [0.5, 0.6) is 5.88 Å². The number of carbonyl (C=O) groups is 2. The molecule has 0 spiro atoms. The minimum absolute atomic E-state index is 0.169. The Morgan fingerprint density at radius 1 is 1.07 bits per heavy atom. The summed E-state index contributed by atoms with van der Waals surface area (Å²) in [5.41, 5.74) is 3.44. The van der Waals surface area contributed by atoms with E-state index in [9.17, 15) is 22.8 Å². The second kappa shape index (κ2) is 10.8. The number of carbonyl (C=O) groups excluding carboxylic acids is 2. The van der Waals surface area contributed by atoms with Gasteiger partial charge in [0.15, 0.2) is 29.8 Å². The Kier molecular flexibility index (Phi) is 7.09. The van der Waals surface area contributed by atoms with Crippen molar-refractivity contribution in [2.45, 2.75) is 25.1 Å². The Morgan fingerprint density at radius 2 is 1.88 bits per heavy atom. The summed E-state index contributed by atoms with van der Waals surface area (Å²) in [7, 11) is 3.01. The molecule has 0 fully saturated rings.